The van der Waals surface area contributed by atoms with Crippen molar-refractivity contribution >= 4 is 5.69 Å². The first-order valence-corrected chi connectivity index (χ1v) is 7.16. The van der Waals surface area contributed by atoms with Crippen molar-refractivity contribution in [1.82, 2.24) is 0 Å². The summed E-state index contributed by atoms with van der Waals surface area (Å²) in [6.45, 7) is 6.28. The van der Waals surface area contributed by atoms with Gasteiger partial charge in [-0.15, -0.1) is 0 Å². The van der Waals surface area contributed by atoms with Crippen molar-refractivity contribution in [2.75, 3.05) is 37.7 Å². The molecule has 0 aliphatic heterocycles. The lowest BCUT2D eigenvalue weighted by Gasteiger charge is -2.25. The average Bonchev–Trinajstić information content (AvgIpc) is 2.43. The molecule has 0 fully saturated rings. The Labute approximate surface area is 123 Å². The molecule has 0 heterocycles. The Hall–Kier alpha value is -1.27. The molecule has 120 valence electrons. The van der Waals surface area contributed by atoms with Gasteiger partial charge in [0.1, 0.15) is 0 Å². The van der Waals surface area contributed by atoms with Crippen LogP contribution in [0.4, 0.5) is 18.9 Å². The van der Waals surface area contributed by atoms with Gasteiger partial charge in [0.2, 0.25) is 0 Å². The van der Waals surface area contributed by atoms with E-state index >= 15 is 0 Å². The Morgan fingerprint density at radius 2 is 1.95 bits per heavy atom. The SMILES string of the molecule is CCOCCN(CC)c1ccc(CCN)c(C(F)(F)F)c1. The van der Waals surface area contributed by atoms with E-state index in [9.17, 15) is 13.2 Å². The third kappa shape index (κ3) is 5.21. The van der Waals surface area contributed by atoms with E-state index in [0.29, 0.717) is 32.0 Å². The molecule has 0 saturated carbocycles. The lowest BCUT2D eigenvalue weighted by atomic mass is 10.0. The monoisotopic (exact) mass is 304 g/mol. The summed E-state index contributed by atoms with van der Waals surface area (Å²) < 4.78 is 44.7. The minimum atomic E-state index is -4.36. The third-order valence-electron chi connectivity index (χ3n) is 3.27. The first kappa shape index (κ1) is 17.8. The number of likely N-dealkylation sites (N-methyl/N-ethyl adjacent to an activating group) is 1. The van der Waals surface area contributed by atoms with Gasteiger partial charge < -0.3 is 15.4 Å². The van der Waals surface area contributed by atoms with Crippen LogP contribution in [0.2, 0.25) is 0 Å². The maximum absolute atomic E-state index is 13.1. The number of ether oxygens (including phenoxy) is 1. The van der Waals surface area contributed by atoms with Crippen LogP contribution >= 0.6 is 0 Å². The summed E-state index contributed by atoms with van der Waals surface area (Å²) in [5, 5.41) is 0. The molecule has 0 bridgehead atoms. The zero-order valence-corrected chi connectivity index (χ0v) is 12.5. The molecule has 0 amide bonds. The first-order valence-electron chi connectivity index (χ1n) is 7.16. The van der Waals surface area contributed by atoms with Gasteiger partial charge in [-0.1, -0.05) is 6.07 Å². The van der Waals surface area contributed by atoms with Crippen molar-refractivity contribution < 1.29 is 17.9 Å². The first-order chi connectivity index (χ1) is 9.93. The summed E-state index contributed by atoms with van der Waals surface area (Å²) in [5.74, 6) is 0. The number of rotatable bonds is 8. The van der Waals surface area contributed by atoms with Crippen molar-refractivity contribution in [3.63, 3.8) is 0 Å². The van der Waals surface area contributed by atoms with Gasteiger partial charge in [-0.2, -0.15) is 13.2 Å². The second-order valence-corrected chi connectivity index (χ2v) is 4.65. The van der Waals surface area contributed by atoms with Crippen LogP contribution in [-0.2, 0) is 17.3 Å². The number of anilines is 1. The van der Waals surface area contributed by atoms with Gasteiger partial charge in [0.05, 0.1) is 12.2 Å². The van der Waals surface area contributed by atoms with Crippen LogP contribution < -0.4 is 10.6 Å². The Morgan fingerprint density at radius 3 is 2.48 bits per heavy atom. The fourth-order valence-corrected chi connectivity index (χ4v) is 2.19. The molecular weight excluding hydrogens is 281 g/mol. The quantitative estimate of drug-likeness (QED) is 0.750. The van der Waals surface area contributed by atoms with E-state index in [2.05, 4.69) is 0 Å². The third-order valence-corrected chi connectivity index (χ3v) is 3.27. The molecule has 0 aromatic heterocycles. The fraction of sp³-hybridized carbons (Fsp3) is 0.600. The zero-order chi connectivity index (χ0) is 15.9. The summed E-state index contributed by atoms with van der Waals surface area (Å²) in [6.07, 6.45) is -4.14. The molecule has 3 nitrogen and oxygen atoms in total. The molecule has 2 N–H and O–H groups in total. The van der Waals surface area contributed by atoms with Crippen LogP contribution in [0.25, 0.3) is 0 Å². The summed E-state index contributed by atoms with van der Waals surface area (Å²) in [6, 6.07) is 4.45. The smallest absolute Gasteiger partial charge is 0.380 e. The highest BCUT2D eigenvalue weighted by Crippen LogP contribution is 2.34. The largest absolute Gasteiger partial charge is 0.416 e. The van der Waals surface area contributed by atoms with Crippen LogP contribution in [0.1, 0.15) is 25.0 Å². The normalized spacial score (nSPS) is 11.7. The van der Waals surface area contributed by atoms with Gasteiger partial charge in [0, 0.05) is 25.4 Å². The molecule has 1 aromatic rings. The van der Waals surface area contributed by atoms with Crippen LogP contribution in [0.3, 0.4) is 0 Å². The summed E-state index contributed by atoms with van der Waals surface area (Å²) in [7, 11) is 0. The molecule has 1 rings (SSSR count). The molecule has 1 aromatic carbocycles. The predicted octanol–water partition coefficient (Wildman–Crippen LogP) is 3.07. The summed E-state index contributed by atoms with van der Waals surface area (Å²) in [4.78, 5) is 1.87. The lowest BCUT2D eigenvalue weighted by molar-refractivity contribution is -0.138. The Kier molecular flexibility index (Phi) is 6.98. The molecule has 0 saturated heterocycles. The van der Waals surface area contributed by atoms with E-state index in [4.69, 9.17) is 10.5 Å². The van der Waals surface area contributed by atoms with Gasteiger partial charge in [-0.05, 0) is 44.5 Å². The Bertz CT molecular complexity index is 435. The molecular formula is C15H23F3N2O. The summed E-state index contributed by atoms with van der Waals surface area (Å²) in [5.41, 5.74) is 5.59. The van der Waals surface area contributed by atoms with E-state index in [1.807, 2.05) is 18.7 Å². The minimum absolute atomic E-state index is 0.199. The minimum Gasteiger partial charge on any atom is -0.380 e. The maximum atomic E-state index is 13.1. The van der Waals surface area contributed by atoms with Gasteiger partial charge in [-0.3, -0.25) is 0 Å². The lowest BCUT2D eigenvalue weighted by Crippen LogP contribution is -2.27. The number of benzene rings is 1. The number of nitrogens with two attached hydrogens (primary N) is 1. The van der Waals surface area contributed by atoms with Gasteiger partial charge in [-0.25, -0.2) is 0 Å². The topological polar surface area (TPSA) is 38.5 Å². The highest BCUT2D eigenvalue weighted by molar-refractivity contribution is 5.52. The van der Waals surface area contributed by atoms with E-state index in [-0.39, 0.29) is 18.5 Å². The molecule has 0 unspecified atom stereocenters. The van der Waals surface area contributed by atoms with Crippen LogP contribution in [0.5, 0.6) is 0 Å². The van der Waals surface area contributed by atoms with Crippen LogP contribution in [0, 0.1) is 0 Å². The molecule has 0 radical (unpaired) electrons. The van der Waals surface area contributed by atoms with Crippen molar-refractivity contribution in [2.45, 2.75) is 26.4 Å². The second kappa shape index (κ2) is 8.24. The predicted molar refractivity (Wildman–Crippen MR) is 78.6 cm³/mol. The highest BCUT2D eigenvalue weighted by atomic mass is 19.4. The molecule has 6 heteroatoms. The molecule has 0 spiro atoms. The van der Waals surface area contributed by atoms with E-state index in [1.165, 1.54) is 12.1 Å². The van der Waals surface area contributed by atoms with Crippen molar-refractivity contribution in [3.05, 3.63) is 29.3 Å². The van der Waals surface area contributed by atoms with Crippen molar-refractivity contribution in [2.24, 2.45) is 5.73 Å². The molecule has 0 aliphatic rings. The highest BCUT2D eigenvalue weighted by Gasteiger charge is 2.33. The average molecular weight is 304 g/mol. The number of alkyl halides is 3. The van der Waals surface area contributed by atoms with Gasteiger partial charge in [0.15, 0.2) is 0 Å². The molecule has 0 atom stereocenters. The number of hydrogen-bond acceptors (Lipinski definition) is 3. The molecule has 0 aliphatic carbocycles. The van der Waals surface area contributed by atoms with Crippen LogP contribution in [0.15, 0.2) is 18.2 Å². The van der Waals surface area contributed by atoms with Gasteiger partial charge in [0.25, 0.3) is 0 Å². The number of nitrogens with zero attached hydrogens (tertiary/aromatic N) is 1. The Morgan fingerprint density at radius 1 is 1.24 bits per heavy atom. The van der Waals surface area contributed by atoms with Crippen LogP contribution in [-0.4, -0.2) is 32.8 Å². The summed E-state index contributed by atoms with van der Waals surface area (Å²) >= 11 is 0. The van der Waals surface area contributed by atoms with Crippen molar-refractivity contribution in [3.8, 4) is 0 Å². The number of halogens is 3. The fourth-order valence-electron chi connectivity index (χ4n) is 2.19. The second-order valence-electron chi connectivity index (χ2n) is 4.65. The van der Waals surface area contributed by atoms with E-state index < -0.39 is 11.7 Å². The standard InChI is InChI=1S/C15H23F3N2O/c1-3-20(9-10-21-4-2)13-6-5-12(7-8-19)14(11-13)15(16,17)18/h5-6,11H,3-4,7-10,19H2,1-2H3. The van der Waals surface area contributed by atoms with E-state index in [0.717, 1.165) is 0 Å². The Balaban J connectivity index is 3.02. The zero-order valence-electron chi connectivity index (χ0n) is 12.5. The van der Waals surface area contributed by atoms with Gasteiger partial charge >= 0.3 is 6.18 Å². The van der Waals surface area contributed by atoms with E-state index in [1.54, 1.807) is 6.07 Å². The number of hydrogen-bond donors (Lipinski definition) is 1. The molecule has 21 heavy (non-hydrogen) atoms. The van der Waals surface area contributed by atoms with Crippen molar-refractivity contribution in [1.29, 1.82) is 0 Å². The maximum Gasteiger partial charge on any atom is 0.416 e.